The van der Waals surface area contributed by atoms with E-state index in [2.05, 4.69) is 60.6 Å². The summed E-state index contributed by atoms with van der Waals surface area (Å²) in [6.07, 6.45) is 16.3. The molecule has 0 bridgehead atoms. The lowest BCUT2D eigenvalue weighted by Crippen LogP contribution is -2.46. The van der Waals surface area contributed by atoms with Crippen molar-refractivity contribution in [2.75, 3.05) is 31.7 Å². The predicted octanol–water partition coefficient (Wildman–Crippen LogP) is 8.75. The first-order valence-corrected chi connectivity index (χ1v) is 22.4. The van der Waals surface area contributed by atoms with Gasteiger partial charge in [-0.2, -0.15) is 13.0 Å². The van der Waals surface area contributed by atoms with Crippen LogP contribution in [-0.4, -0.2) is 78.4 Å². The number of methoxy groups -OCH3 is 1. The van der Waals surface area contributed by atoms with Crippen molar-refractivity contribution in [2.45, 2.75) is 89.0 Å². The summed E-state index contributed by atoms with van der Waals surface area (Å²) in [7, 11) is -2.71. The van der Waals surface area contributed by atoms with Crippen molar-refractivity contribution in [3.05, 3.63) is 125 Å². The number of carbonyl (C=O) groups excluding carboxylic acids is 3. The Bertz CT molecular complexity index is 2580. The molecule has 324 valence electrons. The summed E-state index contributed by atoms with van der Waals surface area (Å²) in [5.74, 6) is -0.145. The van der Waals surface area contributed by atoms with E-state index in [1.165, 1.54) is 17.7 Å². The van der Waals surface area contributed by atoms with Crippen molar-refractivity contribution < 1.29 is 46.2 Å². The SMILES string of the molecule is COCCN1c2cc3c(cc2C(C)=CC1(C)C)C(=CC=CC=CC1=[N+](CCCCCC(=O)ON2C(=O)CCC2=O)c2ccc(S(=O)(=O)O)cc2C1(C)C)C=C(c1ccccc1)O3. The minimum Gasteiger partial charge on any atom is -0.456 e. The molecule has 1 fully saturated rings. The Morgan fingerprint density at radius 1 is 0.935 bits per heavy atom. The van der Waals surface area contributed by atoms with Crippen LogP contribution in [0.25, 0.3) is 16.9 Å². The van der Waals surface area contributed by atoms with Crippen LogP contribution in [0.4, 0.5) is 11.4 Å². The van der Waals surface area contributed by atoms with Crippen molar-refractivity contribution in [1.29, 1.82) is 0 Å². The number of rotatable bonds is 15. The molecule has 0 aromatic heterocycles. The van der Waals surface area contributed by atoms with E-state index in [9.17, 15) is 27.4 Å². The van der Waals surface area contributed by atoms with Crippen LogP contribution in [0.3, 0.4) is 0 Å². The van der Waals surface area contributed by atoms with E-state index in [0.29, 0.717) is 37.5 Å². The summed E-state index contributed by atoms with van der Waals surface area (Å²) in [5, 5.41) is 0.565. The van der Waals surface area contributed by atoms with Crippen LogP contribution in [0.2, 0.25) is 0 Å². The molecule has 62 heavy (non-hydrogen) atoms. The first-order chi connectivity index (χ1) is 29.5. The summed E-state index contributed by atoms with van der Waals surface area (Å²) in [6.45, 7) is 12.5. The molecule has 0 aliphatic carbocycles. The number of allylic oxidation sites excluding steroid dienone is 8. The smallest absolute Gasteiger partial charge is 0.333 e. The third-order valence-corrected chi connectivity index (χ3v) is 12.7. The molecule has 1 N–H and O–H groups in total. The molecular formula is C49H54N3O9S+. The second kappa shape index (κ2) is 17.8. The summed E-state index contributed by atoms with van der Waals surface area (Å²) >= 11 is 0. The number of anilines is 1. The van der Waals surface area contributed by atoms with Gasteiger partial charge in [0.05, 0.1) is 22.5 Å². The van der Waals surface area contributed by atoms with Gasteiger partial charge in [-0.3, -0.25) is 14.1 Å². The third kappa shape index (κ3) is 9.16. The number of hydroxylamine groups is 2. The van der Waals surface area contributed by atoms with Crippen LogP contribution in [0.5, 0.6) is 5.75 Å². The number of nitrogens with zero attached hydrogens (tertiary/aromatic N) is 3. The van der Waals surface area contributed by atoms with Crippen molar-refractivity contribution >= 4 is 61.9 Å². The lowest BCUT2D eigenvalue weighted by molar-refractivity contribution is -0.438. The Balaban J connectivity index is 1.16. The fourth-order valence-electron chi connectivity index (χ4n) is 8.70. The van der Waals surface area contributed by atoms with Gasteiger partial charge in [-0.05, 0) is 82.9 Å². The Hall–Kier alpha value is -5.89. The highest BCUT2D eigenvalue weighted by molar-refractivity contribution is 7.85. The molecule has 13 heteroatoms. The molecule has 0 radical (unpaired) electrons. The van der Waals surface area contributed by atoms with Crippen LogP contribution in [0.15, 0.2) is 108 Å². The van der Waals surface area contributed by atoms with Crippen molar-refractivity contribution in [2.24, 2.45) is 0 Å². The Morgan fingerprint density at radius 3 is 2.39 bits per heavy atom. The van der Waals surface area contributed by atoms with Gasteiger partial charge in [0, 0.05) is 85.5 Å². The molecule has 3 aromatic carbocycles. The minimum absolute atomic E-state index is 0.0383. The monoisotopic (exact) mass is 860 g/mol. The maximum absolute atomic E-state index is 12.4. The molecular weight excluding hydrogens is 807 g/mol. The average molecular weight is 861 g/mol. The summed E-state index contributed by atoms with van der Waals surface area (Å²) < 4.78 is 48.5. The highest BCUT2D eigenvalue weighted by atomic mass is 32.2. The molecule has 7 rings (SSSR count). The highest BCUT2D eigenvalue weighted by Crippen LogP contribution is 2.47. The number of amides is 2. The van der Waals surface area contributed by atoms with Crippen LogP contribution in [0.1, 0.15) is 95.4 Å². The molecule has 1 saturated heterocycles. The number of benzene rings is 3. The van der Waals surface area contributed by atoms with E-state index in [1.54, 1.807) is 13.2 Å². The molecule has 4 aliphatic rings. The Labute approximate surface area is 363 Å². The van der Waals surface area contributed by atoms with Crippen LogP contribution in [-0.2, 0) is 39.5 Å². The van der Waals surface area contributed by atoms with E-state index in [-0.39, 0.29) is 29.7 Å². The first kappa shape index (κ1) is 44.2. The summed E-state index contributed by atoms with van der Waals surface area (Å²) in [4.78, 5) is 43.3. The highest BCUT2D eigenvalue weighted by Gasteiger charge is 2.45. The topological polar surface area (TPSA) is 143 Å². The molecule has 0 atom stereocenters. The van der Waals surface area contributed by atoms with Gasteiger partial charge < -0.3 is 19.2 Å². The molecule has 0 spiro atoms. The fraction of sp³-hybridized carbons (Fsp3) is 0.347. The number of hydrogen-bond acceptors (Lipinski definition) is 9. The predicted molar refractivity (Wildman–Crippen MR) is 239 cm³/mol. The summed E-state index contributed by atoms with van der Waals surface area (Å²) in [6, 6.07) is 19.0. The molecule has 0 saturated carbocycles. The van der Waals surface area contributed by atoms with E-state index in [1.807, 2.05) is 68.5 Å². The van der Waals surface area contributed by atoms with Gasteiger partial charge in [0.2, 0.25) is 5.69 Å². The molecule has 3 aromatic rings. The maximum Gasteiger partial charge on any atom is 0.333 e. The fourth-order valence-corrected chi connectivity index (χ4v) is 9.21. The Morgan fingerprint density at radius 2 is 1.68 bits per heavy atom. The molecule has 2 amide bonds. The van der Waals surface area contributed by atoms with E-state index in [4.69, 9.17) is 14.3 Å². The largest absolute Gasteiger partial charge is 0.456 e. The van der Waals surface area contributed by atoms with Crippen molar-refractivity contribution in [3.63, 3.8) is 0 Å². The van der Waals surface area contributed by atoms with Crippen LogP contribution >= 0.6 is 0 Å². The standard InChI is InChI=1S/C49H53N3O9S/c1-33-32-48(2,3)51(26-27-59-6)41-31-43-38(30-37(33)41)35(28-42(60-43)34-16-10-7-11-17-34)18-12-8-13-19-44-49(4,5)39-29-36(62(56,57)58)21-22-40(39)50(44)25-15-9-14-20-47(55)61-52-45(53)23-24-46(52)54/h7-8,10-13,16-19,21-22,28-32H,9,14-15,20,23-27H2,1-6H3/p+1. The van der Waals surface area contributed by atoms with Gasteiger partial charge in [-0.15, -0.1) is 5.06 Å². The third-order valence-electron chi connectivity index (χ3n) is 11.8. The van der Waals surface area contributed by atoms with Gasteiger partial charge >= 0.3 is 5.97 Å². The minimum atomic E-state index is -4.43. The quantitative estimate of drug-likeness (QED) is 0.0518. The normalized spacial score (nSPS) is 18.6. The average Bonchev–Trinajstić information content (AvgIpc) is 3.65. The first-order valence-electron chi connectivity index (χ1n) is 21.0. The van der Waals surface area contributed by atoms with Gasteiger partial charge in [-0.1, -0.05) is 60.7 Å². The van der Waals surface area contributed by atoms with Gasteiger partial charge in [0.15, 0.2) is 5.71 Å². The van der Waals surface area contributed by atoms with Crippen molar-refractivity contribution in [1.82, 2.24) is 5.06 Å². The van der Waals surface area contributed by atoms with E-state index < -0.39 is 33.3 Å². The molecule has 4 heterocycles. The number of unbranched alkanes of at least 4 members (excludes halogenated alkanes) is 2. The lowest BCUT2D eigenvalue weighted by Gasteiger charge is -2.43. The van der Waals surface area contributed by atoms with Crippen LogP contribution < -0.4 is 9.64 Å². The van der Waals surface area contributed by atoms with Gasteiger partial charge in [-0.25, -0.2) is 4.79 Å². The number of fused-ring (bicyclic) bond motifs is 3. The zero-order valence-electron chi connectivity index (χ0n) is 36.1. The van der Waals surface area contributed by atoms with E-state index in [0.717, 1.165) is 63.0 Å². The lowest BCUT2D eigenvalue weighted by atomic mass is 9.81. The molecule has 12 nitrogen and oxygen atoms in total. The maximum atomic E-state index is 12.4. The Kier molecular flexibility index (Phi) is 12.7. The van der Waals surface area contributed by atoms with Crippen LogP contribution in [0, 0.1) is 0 Å². The second-order valence-electron chi connectivity index (χ2n) is 17.0. The second-order valence-corrected chi connectivity index (χ2v) is 18.4. The van der Waals surface area contributed by atoms with Gasteiger partial charge in [0.25, 0.3) is 21.9 Å². The zero-order valence-corrected chi connectivity index (χ0v) is 37.0. The zero-order chi connectivity index (χ0) is 44.4. The number of ether oxygens (including phenoxy) is 2. The molecule has 0 unspecified atom stereocenters. The summed E-state index contributed by atoms with van der Waals surface area (Å²) in [5.41, 5.74) is 8.03. The number of hydrogen-bond donors (Lipinski definition) is 1. The van der Waals surface area contributed by atoms with E-state index >= 15 is 0 Å². The molecule has 4 aliphatic heterocycles. The van der Waals surface area contributed by atoms with Crippen molar-refractivity contribution in [3.8, 4) is 5.75 Å². The number of imide groups is 1. The number of carbonyl (C=O) groups is 3. The van der Waals surface area contributed by atoms with Gasteiger partial charge in [0.1, 0.15) is 18.1 Å².